The molecular weight excluding hydrogens is 320 g/mol. The van der Waals surface area contributed by atoms with E-state index in [1.807, 2.05) is 31.2 Å². The first-order chi connectivity index (χ1) is 11.9. The number of allylic oxidation sites excluding steroid dienone is 2. The van der Waals surface area contributed by atoms with E-state index in [9.17, 15) is 9.59 Å². The zero-order chi connectivity index (χ0) is 18.6. The van der Waals surface area contributed by atoms with Crippen molar-refractivity contribution in [1.29, 1.82) is 0 Å². The molecule has 0 radical (unpaired) electrons. The van der Waals surface area contributed by atoms with Gasteiger partial charge in [-0.15, -0.1) is 0 Å². The van der Waals surface area contributed by atoms with Crippen molar-refractivity contribution in [3.63, 3.8) is 0 Å². The number of esters is 2. The minimum Gasteiger partial charge on any atom is -0.461 e. The molecule has 25 heavy (non-hydrogen) atoms. The number of aryl methyl sites for hydroxylation is 1. The summed E-state index contributed by atoms with van der Waals surface area (Å²) in [5.41, 5.74) is 3.56. The first-order valence-corrected chi connectivity index (χ1v) is 8.30. The molecule has 0 fully saturated rings. The van der Waals surface area contributed by atoms with Crippen LogP contribution in [0.1, 0.15) is 33.3 Å². The SMILES string of the molecule is CCOC(=O)C1=C(C)NC(C)=C(C(=O)OCC)N1c1ccc(C)cc1. The first kappa shape index (κ1) is 18.6. The van der Waals surface area contributed by atoms with Crippen molar-refractivity contribution < 1.29 is 19.1 Å². The quantitative estimate of drug-likeness (QED) is 0.828. The van der Waals surface area contributed by atoms with Crippen molar-refractivity contribution in [3.8, 4) is 0 Å². The standard InChI is InChI=1S/C19H24N2O4/c1-6-24-18(22)16-13(4)20-14(5)17(19(23)25-7-2)21(16)15-10-8-12(3)9-11-15/h8-11,20H,6-7H2,1-5H3. The van der Waals surface area contributed by atoms with E-state index in [0.717, 1.165) is 5.56 Å². The Balaban J connectivity index is 2.61. The zero-order valence-corrected chi connectivity index (χ0v) is 15.3. The zero-order valence-electron chi connectivity index (χ0n) is 15.3. The Morgan fingerprint density at radius 3 is 1.72 bits per heavy atom. The molecule has 1 heterocycles. The Hall–Kier alpha value is -2.76. The van der Waals surface area contributed by atoms with Crippen LogP contribution in [0.5, 0.6) is 0 Å². The summed E-state index contributed by atoms with van der Waals surface area (Å²) < 4.78 is 10.4. The maximum absolute atomic E-state index is 12.6. The third-order valence-corrected chi connectivity index (χ3v) is 3.76. The lowest BCUT2D eigenvalue weighted by Gasteiger charge is -2.34. The van der Waals surface area contributed by atoms with Gasteiger partial charge >= 0.3 is 11.9 Å². The molecule has 134 valence electrons. The number of benzene rings is 1. The number of hydrogen-bond acceptors (Lipinski definition) is 6. The molecule has 0 saturated carbocycles. The number of nitrogens with one attached hydrogen (secondary N) is 1. The summed E-state index contributed by atoms with van der Waals surface area (Å²) in [4.78, 5) is 26.7. The topological polar surface area (TPSA) is 67.9 Å². The number of ether oxygens (including phenoxy) is 2. The molecular formula is C19H24N2O4. The Morgan fingerprint density at radius 1 is 0.880 bits per heavy atom. The van der Waals surface area contributed by atoms with Crippen LogP contribution >= 0.6 is 0 Å². The highest BCUT2D eigenvalue weighted by molar-refractivity contribution is 6.03. The van der Waals surface area contributed by atoms with Gasteiger partial charge in [-0.2, -0.15) is 0 Å². The molecule has 2 rings (SSSR count). The van der Waals surface area contributed by atoms with E-state index < -0.39 is 11.9 Å². The molecule has 0 bridgehead atoms. The van der Waals surface area contributed by atoms with Crippen LogP contribution in [0.15, 0.2) is 47.1 Å². The highest BCUT2D eigenvalue weighted by Gasteiger charge is 2.35. The van der Waals surface area contributed by atoms with E-state index in [2.05, 4.69) is 5.32 Å². The van der Waals surface area contributed by atoms with Gasteiger partial charge in [0.05, 0.1) is 13.2 Å². The molecule has 0 saturated heterocycles. The largest absolute Gasteiger partial charge is 0.461 e. The Morgan fingerprint density at radius 2 is 1.32 bits per heavy atom. The van der Waals surface area contributed by atoms with Crippen molar-refractivity contribution >= 4 is 17.6 Å². The molecule has 1 aromatic carbocycles. The average Bonchev–Trinajstić information content (AvgIpc) is 2.55. The summed E-state index contributed by atoms with van der Waals surface area (Å²) in [5.74, 6) is -0.996. The van der Waals surface area contributed by atoms with E-state index in [0.29, 0.717) is 17.1 Å². The van der Waals surface area contributed by atoms with Gasteiger partial charge < -0.3 is 14.8 Å². The van der Waals surface area contributed by atoms with Crippen LogP contribution < -0.4 is 10.2 Å². The predicted molar refractivity (Wildman–Crippen MR) is 95.5 cm³/mol. The van der Waals surface area contributed by atoms with Crippen LogP contribution in [-0.2, 0) is 19.1 Å². The van der Waals surface area contributed by atoms with Gasteiger partial charge in [-0.1, -0.05) is 17.7 Å². The lowest BCUT2D eigenvalue weighted by Crippen LogP contribution is -2.41. The lowest BCUT2D eigenvalue weighted by atomic mass is 10.1. The molecule has 6 heteroatoms. The van der Waals surface area contributed by atoms with Crippen LogP contribution in [0, 0.1) is 6.92 Å². The van der Waals surface area contributed by atoms with Crippen molar-refractivity contribution in [2.75, 3.05) is 18.1 Å². The lowest BCUT2D eigenvalue weighted by molar-refractivity contribution is -0.139. The van der Waals surface area contributed by atoms with Crippen molar-refractivity contribution in [3.05, 3.63) is 52.6 Å². The second-order valence-electron chi connectivity index (χ2n) is 5.68. The summed E-state index contributed by atoms with van der Waals surface area (Å²) in [6, 6.07) is 7.57. The number of carbonyl (C=O) groups is 2. The van der Waals surface area contributed by atoms with Crippen LogP contribution in [0.4, 0.5) is 5.69 Å². The molecule has 1 aliphatic heterocycles. The Bertz CT molecular complexity index is 692. The van der Waals surface area contributed by atoms with Gasteiger partial charge in [0.2, 0.25) is 0 Å². The molecule has 1 N–H and O–H groups in total. The summed E-state index contributed by atoms with van der Waals surface area (Å²) in [5, 5.41) is 3.09. The van der Waals surface area contributed by atoms with E-state index in [4.69, 9.17) is 9.47 Å². The normalized spacial score (nSPS) is 14.4. The third kappa shape index (κ3) is 3.84. The van der Waals surface area contributed by atoms with Crippen molar-refractivity contribution in [1.82, 2.24) is 5.32 Å². The highest BCUT2D eigenvalue weighted by Crippen LogP contribution is 2.32. The number of anilines is 1. The van der Waals surface area contributed by atoms with E-state index >= 15 is 0 Å². The van der Waals surface area contributed by atoms with Gasteiger partial charge in [0.1, 0.15) is 0 Å². The first-order valence-electron chi connectivity index (χ1n) is 8.30. The fourth-order valence-corrected chi connectivity index (χ4v) is 2.69. The second kappa shape index (κ2) is 7.88. The van der Waals surface area contributed by atoms with Crippen LogP contribution in [0.25, 0.3) is 0 Å². The molecule has 0 atom stereocenters. The van der Waals surface area contributed by atoms with Gasteiger partial charge in [-0.05, 0) is 46.8 Å². The fraction of sp³-hybridized carbons (Fsp3) is 0.368. The van der Waals surface area contributed by atoms with Crippen molar-refractivity contribution in [2.45, 2.75) is 34.6 Å². The van der Waals surface area contributed by atoms with E-state index in [1.165, 1.54) is 0 Å². The summed E-state index contributed by atoms with van der Waals surface area (Å²) in [6.45, 7) is 9.50. The molecule has 0 aromatic heterocycles. The van der Waals surface area contributed by atoms with E-state index in [1.54, 1.807) is 32.6 Å². The minimum atomic E-state index is -0.498. The molecule has 0 amide bonds. The Labute approximate surface area is 148 Å². The summed E-state index contributed by atoms with van der Waals surface area (Å²) in [6.07, 6.45) is 0. The van der Waals surface area contributed by atoms with E-state index in [-0.39, 0.29) is 24.6 Å². The number of nitrogens with zero attached hydrogens (tertiary/aromatic N) is 1. The fourth-order valence-electron chi connectivity index (χ4n) is 2.69. The molecule has 6 nitrogen and oxygen atoms in total. The monoisotopic (exact) mass is 344 g/mol. The number of hydrogen-bond donors (Lipinski definition) is 1. The van der Waals surface area contributed by atoms with Crippen LogP contribution in [0.2, 0.25) is 0 Å². The molecule has 0 unspecified atom stereocenters. The smallest absolute Gasteiger partial charge is 0.357 e. The maximum atomic E-state index is 12.6. The van der Waals surface area contributed by atoms with Gasteiger partial charge in [0.15, 0.2) is 11.4 Å². The van der Waals surface area contributed by atoms with Gasteiger partial charge in [-0.25, -0.2) is 9.59 Å². The minimum absolute atomic E-state index is 0.245. The predicted octanol–water partition coefficient (Wildman–Crippen LogP) is 2.99. The molecule has 0 spiro atoms. The average molecular weight is 344 g/mol. The number of rotatable bonds is 5. The van der Waals surface area contributed by atoms with Crippen LogP contribution in [-0.4, -0.2) is 25.2 Å². The highest BCUT2D eigenvalue weighted by atomic mass is 16.5. The summed E-state index contributed by atoms with van der Waals surface area (Å²) >= 11 is 0. The molecule has 0 aliphatic carbocycles. The van der Waals surface area contributed by atoms with Gasteiger partial charge in [-0.3, -0.25) is 4.90 Å². The summed E-state index contributed by atoms with van der Waals surface area (Å²) in [7, 11) is 0. The van der Waals surface area contributed by atoms with Crippen LogP contribution in [0.3, 0.4) is 0 Å². The maximum Gasteiger partial charge on any atom is 0.357 e. The van der Waals surface area contributed by atoms with Gasteiger partial charge in [0, 0.05) is 17.1 Å². The Kier molecular flexibility index (Phi) is 5.85. The third-order valence-electron chi connectivity index (χ3n) is 3.76. The second-order valence-corrected chi connectivity index (χ2v) is 5.68. The van der Waals surface area contributed by atoms with Gasteiger partial charge in [0.25, 0.3) is 0 Å². The molecule has 1 aliphatic rings. The number of carbonyl (C=O) groups excluding carboxylic acids is 2. The van der Waals surface area contributed by atoms with Crippen molar-refractivity contribution in [2.24, 2.45) is 0 Å². The molecule has 1 aromatic rings.